The Hall–Kier alpha value is -1.02. The van der Waals surface area contributed by atoms with E-state index in [0.29, 0.717) is 12.0 Å². The Kier molecular flexibility index (Phi) is 3.72. The molecular formula is C15H23NO. The lowest BCUT2D eigenvalue weighted by atomic mass is 9.93. The van der Waals surface area contributed by atoms with E-state index in [1.165, 1.54) is 11.1 Å². The van der Waals surface area contributed by atoms with E-state index in [0.717, 1.165) is 18.6 Å². The fraction of sp³-hybridized carbons (Fsp3) is 0.600. The van der Waals surface area contributed by atoms with Gasteiger partial charge in [0.1, 0.15) is 11.9 Å². The molecule has 0 aromatic heterocycles. The highest BCUT2D eigenvalue weighted by atomic mass is 16.5. The monoisotopic (exact) mass is 233 g/mol. The summed E-state index contributed by atoms with van der Waals surface area (Å²) < 4.78 is 6.15. The second-order valence-electron chi connectivity index (χ2n) is 4.91. The van der Waals surface area contributed by atoms with Gasteiger partial charge in [0.05, 0.1) is 6.04 Å². The summed E-state index contributed by atoms with van der Waals surface area (Å²) in [5, 5.41) is 3.38. The predicted octanol–water partition coefficient (Wildman–Crippen LogP) is 3.63. The molecule has 0 saturated heterocycles. The number of para-hydroxylation sites is 1. The quantitative estimate of drug-likeness (QED) is 0.857. The van der Waals surface area contributed by atoms with Crippen LogP contribution >= 0.6 is 0 Å². The van der Waals surface area contributed by atoms with Gasteiger partial charge in [-0.05, 0) is 31.4 Å². The van der Waals surface area contributed by atoms with Crippen LogP contribution in [-0.4, -0.2) is 13.2 Å². The third-order valence-corrected chi connectivity index (χ3v) is 3.91. The molecule has 1 aliphatic heterocycles. The highest BCUT2D eigenvalue weighted by Gasteiger charge is 2.33. The van der Waals surface area contributed by atoms with Gasteiger partial charge >= 0.3 is 0 Å². The first-order chi connectivity index (χ1) is 8.22. The summed E-state index contributed by atoms with van der Waals surface area (Å²) in [6.45, 7) is 6.68. The molecule has 0 aliphatic carbocycles. The van der Waals surface area contributed by atoms with E-state index in [1.54, 1.807) is 0 Å². The summed E-state index contributed by atoms with van der Waals surface area (Å²) in [6.07, 6.45) is 2.47. The molecule has 1 heterocycles. The minimum Gasteiger partial charge on any atom is -0.488 e. The molecule has 1 N–H and O–H groups in total. The molecule has 1 aromatic rings. The number of nitrogens with one attached hydrogen (secondary N) is 1. The van der Waals surface area contributed by atoms with E-state index in [9.17, 15) is 0 Å². The second-order valence-corrected chi connectivity index (χ2v) is 4.91. The van der Waals surface area contributed by atoms with Crippen LogP contribution in [0, 0.1) is 0 Å². The average Bonchev–Trinajstić information content (AvgIpc) is 2.74. The van der Waals surface area contributed by atoms with Crippen molar-refractivity contribution in [1.29, 1.82) is 0 Å². The van der Waals surface area contributed by atoms with E-state index in [1.807, 2.05) is 7.05 Å². The van der Waals surface area contributed by atoms with Crippen molar-refractivity contribution in [1.82, 2.24) is 5.32 Å². The number of hydrogen-bond acceptors (Lipinski definition) is 2. The topological polar surface area (TPSA) is 21.3 Å². The van der Waals surface area contributed by atoms with Crippen molar-refractivity contribution in [3.63, 3.8) is 0 Å². The second kappa shape index (κ2) is 5.09. The predicted molar refractivity (Wildman–Crippen MR) is 71.7 cm³/mol. The van der Waals surface area contributed by atoms with Crippen molar-refractivity contribution in [2.24, 2.45) is 0 Å². The van der Waals surface area contributed by atoms with Crippen molar-refractivity contribution in [3.8, 4) is 5.75 Å². The third-order valence-electron chi connectivity index (χ3n) is 3.91. The third kappa shape index (κ3) is 2.06. The van der Waals surface area contributed by atoms with Gasteiger partial charge in [-0.3, -0.25) is 0 Å². The van der Waals surface area contributed by atoms with Gasteiger partial charge < -0.3 is 10.1 Å². The number of ether oxygens (including phenoxy) is 1. The van der Waals surface area contributed by atoms with Gasteiger partial charge in [0, 0.05) is 5.56 Å². The van der Waals surface area contributed by atoms with Gasteiger partial charge in [0.25, 0.3) is 0 Å². The molecule has 0 saturated carbocycles. The molecule has 1 aromatic carbocycles. The highest BCUT2D eigenvalue weighted by molar-refractivity contribution is 5.48. The van der Waals surface area contributed by atoms with E-state index in [4.69, 9.17) is 4.74 Å². The summed E-state index contributed by atoms with van der Waals surface area (Å²) in [5.74, 6) is 1.70. The summed E-state index contributed by atoms with van der Waals surface area (Å²) in [5.41, 5.74) is 2.69. The first-order valence-corrected chi connectivity index (χ1v) is 6.69. The Morgan fingerprint density at radius 2 is 2.12 bits per heavy atom. The van der Waals surface area contributed by atoms with Crippen LogP contribution in [0.15, 0.2) is 18.2 Å². The molecule has 3 atom stereocenters. The van der Waals surface area contributed by atoms with Gasteiger partial charge in [-0.1, -0.05) is 39.0 Å². The Balaban J connectivity index is 2.41. The zero-order valence-corrected chi connectivity index (χ0v) is 11.3. The van der Waals surface area contributed by atoms with E-state index >= 15 is 0 Å². The lowest BCUT2D eigenvalue weighted by Crippen LogP contribution is -2.27. The molecule has 94 valence electrons. The fourth-order valence-electron chi connectivity index (χ4n) is 2.64. The lowest BCUT2D eigenvalue weighted by molar-refractivity contribution is 0.187. The van der Waals surface area contributed by atoms with Crippen LogP contribution < -0.4 is 10.1 Å². The SMILES string of the molecule is CCC(C)c1cccc2c1OC(CC)C2NC. The molecule has 0 radical (unpaired) electrons. The van der Waals surface area contributed by atoms with Crippen molar-refractivity contribution in [3.05, 3.63) is 29.3 Å². The minimum absolute atomic E-state index is 0.278. The van der Waals surface area contributed by atoms with Crippen molar-refractivity contribution in [2.75, 3.05) is 7.05 Å². The van der Waals surface area contributed by atoms with E-state index < -0.39 is 0 Å². The van der Waals surface area contributed by atoms with Crippen LogP contribution in [0.1, 0.15) is 56.7 Å². The molecule has 3 unspecified atom stereocenters. The maximum Gasteiger partial charge on any atom is 0.128 e. The van der Waals surface area contributed by atoms with Gasteiger partial charge in [0.15, 0.2) is 0 Å². The first-order valence-electron chi connectivity index (χ1n) is 6.69. The van der Waals surface area contributed by atoms with Crippen molar-refractivity contribution in [2.45, 2.75) is 51.7 Å². The fourth-order valence-corrected chi connectivity index (χ4v) is 2.64. The van der Waals surface area contributed by atoms with E-state index in [-0.39, 0.29) is 6.10 Å². The molecule has 2 heteroatoms. The molecule has 0 amide bonds. The van der Waals surface area contributed by atoms with Crippen LogP contribution in [-0.2, 0) is 0 Å². The standard InChI is InChI=1S/C15H23NO/c1-5-10(3)11-8-7-9-12-14(16-4)13(6-2)17-15(11)12/h7-10,13-14,16H,5-6H2,1-4H3. The molecule has 0 bridgehead atoms. The lowest BCUT2D eigenvalue weighted by Gasteiger charge is -2.16. The molecule has 1 aliphatic rings. The normalized spacial score (nSPS) is 24.2. The number of fused-ring (bicyclic) bond motifs is 1. The zero-order valence-electron chi connectivity index (χ0n) is 11.3. The summed E-state index contributed by atoms with van der Waals surface area (Å²) in [7, 11) is 2.02. The van der Waals surface area contributed by atoms with Crippen LogP contribution in [0.4, 0.5) is 0 Å². The summed E-state index contributed by atoms with van der Waals surface area (Å²) in [4.78, 5) is 0. The Labute approximate surface area is 104 Å². The van der Waals surface area contributed by atoms with Crippen molar-refractivity contribution < 1.29 is 4.74 Å². The molecule has 0 spiro atoms. The average molecular weight is 233 g/mol. The maximum absolute atomic E-state index is 6.15. The molecule has 2 rings (SSSR count). The maximum atomic E-state index is 6.15. The van der Waals surface area contributed by atoms with E-state index in [2.05, 4.69) is 44.3 Å². The zero-order chi connectivity index (χ0) is 12.4. The smallest absolute Gasteiger partial charge is 0.128 e. The number of likely N-dealkylation sites (N-methyl/N-ethyl adjacent to an activating group) is 1. The summed E-state index contributed by atoms with van der Waals surface area (Å²) in [6, 6.07) is 6.90. The number of benzene rings is 1. The van der Waals surface area contributed by atoms with Crippen molar-refractivity contribution >= 4 is 0 Å². The number of hydrogen-bond donors (Lipinski definition) is 1. The van der Waals surface area contributed by atoms with Crippen LogP contribution in [0.2, 0.25) is 0 Å². The van der Waals surface area contributed by atoms with Gasteiger partial charge in [-0.15, -0.1) is 0 Å². The Morgan fingerprint density at radius 3 is 2.71 bits per heavy atom. The van der Waals surface area contributed by atoms with Gasteiger partial charge in [-0.2, -0.15) is 0 Å². The van der Waals surface area contributed by atoms with Crippen LogP contribution in [0.5, 0.6) is 5.75 Å². The molecule has 17 heavy (non-hydrogen) atoms. The minimum atomic E-state index is 0.278. The molecule has 0 fully saturated rings. The number of rotatable bonds is 4. The van der Waals surface area contributed by atoms with Gasteiger partial charge in [-0.25, -0.2) is 0 Å². The first kappa shape index (κ1) is 12.4. The summed E-state index contributed by atoms with van der Waals surface area (Å²) >= 11 is 0. The molecular weight excluding hydrogens is 210 g/mol. The Bertz CT molecular complexity index is 389. The molecule has 2 nitrogen and oxygen atoms in total. The van der Waals surface area contributed by atoms with Gasteiger partial charge in [0.2, 0.25) is 0 Å². The Morgan fingerprint density at radius 1 is 1.35 bits per heavy atom. The highest BCUT2D eigenvalue weighted by Crippen LogP contribution is 2.43. The van der Waals surface area contributed by atoms with Crippen LogP contribution in [0.25, 0.3) is 0 Å². The van der Waals surface area contributed by atoms with Crippen LogP contribution in [0.3, 0.4) is 0 Å². The largest absolute Gasteiger partial charge is 0.488 e.